The van der Waals surface area contributed by atoms with Gasteiger partial charge >= 0.3 is 0 Å². The average Bonchev–Trinajstić information content (AvgIpc) is 3.33. The molecule has 1 amide bonds. The second kappa shape index (κ2) is 12.1. The third kappa shape index (κ3) is 7.13. The Morgan fingerprint density at radius 1 is 1.03 bits per heavy atom. The number of hydrogen-bond donors (Lipinski definition) is 3. The molecule has 3 aromatic carbocycles. The van der Waals surface area contributed by atoms with Crippen LogP contribution in [-0.4, -0.2) is 21.3 Å². The number of thiazole rings is 1. The number of carbonyl (C=O) groups is 1. The maximum Gasteiger partial charge on any atom is 0.239 e. The van der Waals surface area contributed by atoms with Crippen LogP contribution in [0.5, 0.6) is 0 Å². The Labute approximate surface area is 223 Å². The van der Waals surface area contributed by atoms with Gasteiger partial charge in [-0.15, -0.1) is 23.1 Å². The molecule has 0 spiro atoms. The Hall–Kier alpha value is -3.27. The first-order valence-electron chi connectivity index (χ1n) is 11.3. The third-order valence-corrected chi connectivity index (χ3v) is 7.54. The predicted octanol–water partition coefficient (Wildman–Crippen LogP) is 7.58. The summed E-state index contributed by atoms with van der Waals surface area (Å²) >= 11 is 8.28. The normalized spacial score (nSPS) is 11.5. The summed E-state index contributed by atoms with van der Waals surface area (Å²) in [4.78, 5) is 18.4. The molecule has 0 saturated heterocycles. The Morgan fingerprint density at radius 2 is 1.75 bits per heavy atom. The molecule has 4 aromatic rings. The van der Waals surface area contributed by atoms with Crippen LogP contribution in [0.15, 0.2) is 83.1 Å². The first-order valence-corrected chi connectivity index (χ1v) is 13.5. The molecule has 4 rings (SSSR count). The van der Waals surface area contributed by atoms with Crippen LogP contribution in [-0.2, 0) is 4.79 Å². The molecule has 0 aliphatic rings. The highest BCUT2D eigenvalue weighted by molar-refractivity contribution is 8.00. The third-order valence-electron chi connectivity index (χ3n) is 5.22. The van der Waals surface area contributed by atoms with Gasteiger partial charge in [-0.2, -0.15) is 0 Å². The molecular formula is C27H25FN4OS3. The van der Waals surface area contributed by atoms with Crippen LogP contribution < -0.4 is 16.0 Å². The van der Waals surface area contributed by atoms with E-state index in [0.29, 0.717) is 22.4 Å². The predicted molar refractivity (Wildman–Crippen MR) is 154 cm³/mol. The molecule has 0 aliphatic carbocycles. The molecule has 9 heteroatoms. The number of aryl methyl sites for hydroxylation is 1. The van der Waals surface area contributed by atoms with Gasteiger partial charge in [0, 0.05) is 27.2 Å². The van der Waals surface area contributed by atoms with Crippen molar-refractivity contribution in [2.75, 3.05) is 16.0 Å². The van der Waals surface area contributed by atoms with E-state index in [0.717, 1.165) is 21.8 Å². The van der Waals surface area contributed by atoms with Gasteiger partial charge in [0.1, 0.15) is 5.82 Å². The van der Waals surface area contributed by atoms with Crippen LogP contribution in [0.3, 0.4) is 0 Å². The van der Waals surface area contributed by atoms with E-state index in [9.17, 15) is 9.18 Å². The number of benzene rings is 3. The van der Waals surface area contributed by atoms with E-state index in [1.54, 1.807) is 12.1 Å². The number of thiocarbonyl (C=S) groups is 1. The second-order valence-corrected chi connectivity index (χ2v) is 10.6. The molecule has 0 aliphatic heterocycles. The molecule has 0 fully saturated rings. The molecule has 1 unspecified atom stereocenters. The monoisotopic (exact) mass is 536 g/mol. The average molecular weight is 537 g/mol. The highest BCUT2D eigenvalue weighted by Gasteiger charge is 2.20. The summed E-state index contributed by atoms with van der Waals surface area (Å²) in [5, 5.41) is 11.9. The van der Waals surface area contributed by atoms with Crippen molar-refractivity contribution in [1.82, 2.24) is 4.98 Å². The SMILES string of the molecule is CCC(Sc1cccc(NC(=S)Nc2ccc(C)cc2)c1)C(=O)Nc1nc(-c2ccc(F)cc2)cs1. The summed E-state index contributed by atoms with van der Waals surface area (Å²) in [6, 6.07) is 21.9. The minimum Gasteiger partial charge on any atom is -0.332 e. The highest BCUT2D eigenvalue weighted by atomic mass is 32.2. The highest BCUT2D eigenvalue weighted by Crippen LogP contribution is 2.30. The zero-order valence-corrected chi connectivity index (χ0v) is 22.2. The fourth-order valence-corrected chi connectivity index (χ4v) is 5.31. The molecule has 1 heterocycles. The van der Waals surface area contributed by atoms with Gasteiger partial charge in [0.15, 0.2) is 10.2 Å². The van der Waals surface area contributed by atoms with Gasteiger partial charge in [0.25, 0.3) is 0 Å². The smallest absolute Gasteiger partial charge is 0.239 e. The molecule has 5 nitrogen and oxygen atoms in total. The molecule has 184 valence electrons. The van der Waals surface area contributed by atoms with Crippen LogP contribution in [0.4, 0.5) is 20.9 Å². The standard InChI is InChI=1S/C27H25FN4OS3/c1-3-24(25(33)32-27-31-23(16-35-27)18-9-11-19(28)12-10-18)36-22-6-4-5-21(15-22)30-26(34)29-20-13-7-17(2)8-14-20/h4-16,24H,3H2,1-2H3,(H2,29,30,34)(H,31,32,33). The number of carbonyl (C=O) groups excluding carboxylic acids is 1. The van der Waals surface area contributed by atoms with Crippen LogP contribution in [0.1, 0.15) is 18.9 Å². The summed E-state index contributed by atoms with van der Waals surface area (Å²) in [6.07, 6.45) is 0.651. The Balaban J connectivity index is 1.35. The number of hydrogen-bond acceptors (Lipinski definition) is 5. The number of amides is 1. The van der Waals surface area contributed by atoms with Crippen LogP contribution in [0.25, 0.3) is 11.3 Å². The second-order valence-electron chi connectivity index (χ2n) is 8.02. The van der Waals surface area contributed by atoms with Gasteiger partial charge in [0.2, 0.25) is 5.91 Å². The van der Waals surface area contributed by atoms with E-state index in [1.165, 1.54) is 40.8 Å². The van der Waals surface area contributed by atoms with Crippen molar-refractivity contribution >= 4 is 62.8 Å². The van der Waals surface area contributed by atoms with Crippen LogP contribution in [0, 0.1) is 12.7 Å². The lowest BCUT2D eigenvalue weighted by Gasteiger charge is -2.15. The van der Waals surface area contributed by atoms with E-state index in [-0.39, 0.29) is 17.0 Å². The first-order chi connectivity index (χ1) is 17.4. The van der Waals surface area contributed by atoms with Gasteiger partial charge < -0.3 is 16.0 Å². The molecule has 1 atom stereocenters. The number of thioether (sulfide) groups is 1. The summed E-state index contributed by atoms with van der Waals surface area (Å²) in [7, 11) is 0. The number of rotatable bonds is 8. The minimum atomic E-state index is -0.297. The Morgan fingerprint density at radius 3 is 2.47 bits per heavy atom. The summed E-state index contributed by atoms with van der Waals surface area (Å²) in [5.41, 5.74) is 4.43. The lowest BCUT2D eigenvalue weighted by molar-refractivity contribution is -0.115. The van der Waals surface area contributed by atoms with Crippen LogP contribution >= 0.6 is 35.3 Å². The molecular weight excluding hydrogens is 512 g/mol. The van der Waals surface area contributed by atoms with Gasteiger partial charge in [-0.05, 0) is 80.2 Å². The van der Waals surface area contributed by atoms with Crippen molar-refractivity contribution in [3.63, 3.8) is 0 Å². The van der Waals surface area contributed by atoms with Crippen molar-refractivity contribution in [1.29, 1.82) is 0 Å². The van der Waals surface area contributed by atoms with Gasteiger partial charge in [0.05, 0.1) is 10.9 Å². The number of anilines is 3. The zero-order chi connectivity index (χ0) is 25.5. The van der Waals surface area contributed by atoms with Gasteiger partial charge in [-0.1, -0.05) is 30.7 Å². The molecule has 0 saturated carbocycles. The molecule has 0 bridgehead atoms. The summed E-state index contributed by atoms with van der Waals surface area (Å²) in [5.74, 6) is -0.411. The number of nitrogens with zero attached hydrogens (tertiary/aromatic N) is 1. The van der Waals surface area contributed by atoms with E-state index in [2.05, 4.69) is 20.9 Å². The van der Waals surface area contributed by atoms with E-state index < -0.39 is 0 Å². The van der Waals surface area contributed by atoms with Crippen molar-refractivity contribution < 1.29 is 9.18 Å². The van der Waals surface area contributed by atoms with E-state index in [4.69, 9.17) is 12.2 Å². The quantitative estimate of drug-likeness (QED) is 0.159. The lowest BCUT2D eigenvalue weighted by atomic mass is 10.2. The van der Waals surface area contributed by atoms with E-state index in [1.807, 2.05) is 67.8 Å². The summed E-state index contributed by atoms with van der Waals surface area (Å²) in [6.45, 7) is 4.02. The maximum atomic E-state index is 13.2. The Bertz CT molecular complexity index is 1340. The molecule has 3 N–H and O–H groups in total. The fraction of sp³-hybridized carbons (Fsp3) is 0.148. The number of aromatic nitrogens is 1. The first kappa shape index (κ1) is 25.8. The molecule has 0 radical (unpaired) electrons. The topological polar surface area (TPSA) is 66.0 Å². The van der Waals surface area contributed by atoms with Crippen molar-refractivity contribution in [2.24, 2.45) is 0 Å². The Kier molecular flexibility index (Phi) is 8.69. The van der Waals surface area contributed by atoms with Gasteiger partial charge in [-0.25, -0.2) is 9.37 Å². The van der Waals surface area contributed by atoms with Crippen molar-refractivity contribution in [2.45, 2.75) is 30.4 Å². The largest absolute Gasteiger partial charge is 0.332 e. The summed E-state index contributed by atoms with van der Waals surface area (Å²) < 4.78 is 13.2. The molecule has 1 aromatic heterocycles. The number of halogens is 1. The van der Waals surface area contributed by atoms with Crippen molar-refractivity contribution in [3.8, 4) is 11.3 Å². The van der Waals surface area contributed by atoms with Crippen molar-refractivity contribution in [3.05, 3.63) is 89.6 Å². The van der Waals surface area contributed by atoms with Crippen LogP contribution in [0.2, 0.25) is 0 Å². The minimum absolute atomic E-state index is 0.113. The maximum absolute atomic E-state index is 13.2. The lowest BCUT2D eigenvalue weighted by Crippen LogP contribution is -2.24. The fourth-order valence-electron chi connectivity index (χ4n) is 3.33. The molecule has 36 heavy (non-hydrogen) atoms. The van der Waals surface area contributed by atoms with Gasteiger partial charge in [-0.3, -0.25) is 4.79 Å². The number of nitrogens with one attached hydrogen (secondary N) is 3. The zero-order valence-electron chi connectivity index (χ0n) is 19.7. The van der Waals surface area contributed by atoms with E-state index >= 15 is 0 Å².